The zero-order valence-electron chi connectivity index (χ0n) is 8.91. The summed E-state index contributed by atoms with van der Waals surface area (Å²) in [7, 11) is 0. The molecule has 0 N–H and O–H groups in total. The van der Waals surface area contributed by atoms with Crippen LogP contribution in [0, 0.1) is 0 Å². The molecule has 0 fully saturated rings. The van der Waals surface area contributed by atoms with Crippen LogP contribution < -0.4 is 0 Å². The summed E-state index contributed by atoms with van der Waals surface area (Å²) in [4.78, 5) is 0. The molecule has 1 aromatic carbocycles. The number of alkyl halides is 1. The highest BCUT2D eigenvalue weighted by Gasteiger charge is 2.04. The van der Waals surface area contributed by atoms with Gasteiger partial charge in [0.15, 0.2) is 0 Å². The van der Waals surface area contributed by atoms with E-state index in [1.165, 1.54) is 0 Å². The van der Waals surface area contributed by atoms with Gasteiger partial charge in [-0.2, -0.15) is 0 Å². The number of benzene rings is 1. The highest BCUT2D eigenvalue weighted by molar-refractivity contribution is 9.10. The van der Waals surface area contributed by atoms with Crippen molar-refractivity contribution >= 4 is 39.1 Å². The Labute approximate surface area is 118 Å². The molecule has 0 bridgehead atoms. The number of aromatic nitrogens is 3. The van der Waals surface area contributed by atoms with Crippen molar-refractivity contribution in [3.05, 3.63) is 39.6 Å². The molecule has 1 aromatic heterocycles. The summed E-state index contributed by atoms with van der Waals surface area (Å²) in [5, 5.41) is 8.84. The Morgan fingerprint density at radius 2 is 2.18 bits per heavy atom. The summed E-state index contributed by atoms with van der Waals surface area (Å²) < 4.78 is 2.57. The van der Waals surface area contributed by atoms with Gasteiger partial charge in [0.05, 0.1) is 22.6 Å². The van der Waals surface area contributed by atoms with Gasteiger partial charge in [-0.15, -0.1) is 16.7 Å². The Hall–Kier alpha value is -0.580. The van der Waals surface area contributed by atoms with Crippen molar-refractivity contribution in [2.75, 3.05) is 5.88 Å². The predicted molar refractivity (Wildman–Crippen MR) is 73.1 cm³/mol. The van der Waals surface area contributed by atoms with E-state index in [1.807, 2.05) is 24.4 Å². The number of hydrogen-bond donors (Lipinski definition) is 0. The van der Waals surface area contributed by atoms with Crippen LogP contribution in [-0.2, 0) is 6.42 Å². The minimum atomic E-state index is 0.638. The van der Waals surface area contributed by atoms with E-state index >= 15 is 0 Å². The lowest BCUT2D eigenvalue weighted by atomic mass is 10.3. The molecule has 90 valence electrons. The third-order valence-electron chi connectivity index (χ3n) is 2.28. The van der Waals surface area contributed by atoms with Crippen molar-refractivity contribution in [1.82, 2.24) is 15.0 Å². The van der Waals surface area contributed by atoms with Gasteiger partial charge in [0.25, 0.3) is 0 Å². The Kier molecular flexibility index (Phi) is 4.42. The Bertz CT molecular complexity index is 513. The minimum absolute atomic E-state index is 0.638. The maximum Gasteiger partial charge on any atom is 0.0832 e. The third-order valence-corrected chi connectivity index (χ3v) is 3.76. The van der Waals surface area contributed by atoms with Crippen LogP contribution in [0.1, 0.15) is 12.1 Å². The van der Waals surface area contributed by atoms with Gasteiger partial charge in [0, 0.05) is 10.4 Å². The first-order chi connectivity index (χ1) is 8.20. The van der Waals surface area contributed by atoms with E-state index in [4.69, 9.17) is 23.2 Å². The molecule has 0 amide bonds. The Morgan fingerprint density at radius 3 is 2.88 bits per heavy atom. The number of hydrogen-bond acceptors (Lipinski definition) is 2. The van der Waals surface area contributed by atoms with Crippen molar-refractivity contribution in [3.8, 4) is 5.69 Å². The summed E-state index contributed by atoms with van der Waals surface area (Å²) in [6.45, 7) is 0. The standard InChI is InChI=1S/C11H10BrCl2N3/c12-10-6-9(3-4-11(10)14)17-7-8(15-16-17)2-1-5-13/h3-4,6-7H,1-2,5H2. The average molecular weight is 335 g/mol. The lowest BCUT2D eigenvalue weighted by Gasteiger charge is -2.01. The molecule has 0 atom stereocenters. The van der Waals surface area contributed by atoms with Crippen molar-refractivity contribution in [3.63, 3.8) is 0 Å². The SMILES string of the molecule is ClCCCc1cn(-c2ccc(Cl)c(Br)c2)nn1. The van der Waals surface area contributed by atoms with Gasteiger partial charge < -0.3 is 0 Å². The number of nitrogens with zero attached hydrogens (tertiary/aromatic N) is 3. The van der Waals surface area contributed by atoms with Crippen LogP contribution in [0.25, 0.3) is 5.69 Å². The molecule has 3 nitrogen and oxygen atoms in total. The van der Waals surface area contributed by atoms with Crippen molar-refractivity contribution in [1.29, 1.82) is 0 Å². The molecule has 0 aliphatic rings. The highest BCUT2D eigenvalue weighted by Crippen LogP contribution is 2.24. The molecule has 0 saturated carbocycles. The molecule has 0 radical (unpaired) electrons. The molecule has 0 spiro atoms. The van der Waals surface area contributed by atoms with Gasteiger partial charge in [-0.3, -0.25) is 0 Å². The molecule has 0 unspecified atom stereocenters. The molecular formula is C11H10BrCl2N3. The van der Waals surface area contributed by atoms with Crippen LogP contribution in [0.5, 0.6) is 0 Å². The molecule has 2 rings (SSSR count). The summed E-state index contributed by atoms with van der Waals surface area (Å²) in [6, 6.07) is 5.62. The van der Waals surface area contributed by atoms with Crippen molar-refractivity contribution in [2.24, 2.45) is 0 Å². The van der Waals surface area contributed by atoms with E-state index in [-0.39, 0.29) is 0 Å². The maximum atomic E-state index is 5.94. The van der Waals surface area contributed by atoms with Crippen LogP contribution in [0.3, 0.4) is 0 Å². The molecule has 1 heterocycles. The van der Waals surface area contributed by atoms with E-state index in [1.54, 1.807) is 4.68 Å². The van der Waals surface area contributed by atoms with Gasteiger partial charge in [-0.1, -0.05) is 16.8 Å². The van der Waals surface area contributed by atoms with Crippen LogP contribution >= 0.6 is 39.1 Å². The van der Waals surface area contributed by atoms with Crippen LogP contribution in [0.2, 0.25) is 5.02 Å². The number of halogens is 3. The molecule has 6 heteroatoms. The quantitative estimate of drug-likeness (QED) is 0.795. The van der Waals surface area contributed by atoms with Crippen LogP contribution in [-0.4, -0.2) is 20.9 Å². The largest absolute Gasteiger partial charge is 0.220 e. The summed E-state index contributed by atoms with van der Waals surface area (Å²) in [6.07, 6.45) is 3.66. The van der Waals surface area contributed by atoms with Gasteiger partial charge in [0.2, 0.25) is 0 Å². The molecule has 0 aliphatic carbocycles. The van der Waals surface area contributed by atoms with Gasteiger partial charge >= 0.3 is 0 Å². The summed E-state index contributed by atoms with van der Waals surface area (Å²) >= 11 is 15.0. The van der Waals surface area contributed by atoms with E-state index in [9.17, 15) is 0 Å². The first-order valence-corrected chi connectivity index (χ1v) is 6.84. The van der Waals surface area contributed by atoms with Crippen molar-refractivity contribution < 1.29 is 0 Å². The molecule has 2 aromatic rings. The second-order valence-corrected chi connectivity index (χ2v) is 5.18. The van der Waals surface area contributed by atoms with E-state index in [0.717, 1.165) is 28.7 Å². The monoisotopic (exact) mass is 333 g/mol. The zero-order chi connectivity index (χ0) is 12.3. The fourth-order valence-corrected chi connectivity index (χ4v) is 2.03. The van der Waals surface area contributed by atoms with Crippen LogP contribution in [0.4, 0.5) is 0 Å². The zero-order valence-corrected chi connectivity index (χ0v) is 12.0. The summed E-state index contributed by atoms with van der Waals surface area (Å²) in [5.41, 5.74) is 1.86. The lowest BCUT2D eigenvalue weighted by Crippen LogP contribution is -1.94. The summed E-state index contributed by atoms with van der Waals surface area (Å²) in [5.74, 6) is 0.638. The number of aryl methyl sites for hydroxylation is 1. The molecule has 17 heavy (non-hydrogen) atoms. The first-order valence-electron chi connectivity index (χ1n) is 5.13. The molecule has 0 aliphatic heterocycles. The maximum absolute atomic E-state index is 5.94. The topological polar surface area (TPSA) is 30.7 Å². The van der Waals surface area contributed by atoms with Crippen LogP contribution in [0.15, 0.2) is 28.9 Å². The van der Waals surface area contributed by atoms with Gasteiger partial charge in [-0.25, -0.2) is 4.68 Å². The molecular weight excluding hydrogens is 325 g/mol. The average Bonchev–Trinajstić information content (AvgIpc) is 2.79. The Balaban J connectivity index is 2.21. The van der Waals surface area contributed by atoms with Gasteiger partial charge in [0.1, 0.15) is 0 Å². The number of rotatable bonds is 4. The van der Waals surface area contributed by atoms with Crippen molar-refractivity contribution in [2.45, 2.75) is 12.8 Å². The predicted octanol–water partition coefficient (Wildman–Crippen LogP) is 3.85. The molecule has 0 saturated heterocycles. The fourth-order valence-electron chi connectivity index (χ4n) is 1.41. The smallest absolute Gasteiger partial charge is 0.0832 e. The van der Waals surface area contributed by atoms with E-state index in [2.05, 4.69) is 26.2 Å². The third kappa shape index (κ3) is 3.21. The minimum Gasteiger partial charge on any atom is -0.220 e. The van der Waals surface area contributed by atoms with E-state index in [0.29, 0.717) is 10.9 Å². The second kappa shape index (κ2) is 5.85. The normalized spacial score (nSPS) is 10.8. The highest BCUT2D eigenvalue weighted by atomic mass is 79.9. The second-order valence-electron chi connectivity index (χ2n) is 3.55. The lowest BCUT2D eigenvalue weighted by molar-refractivity contribution is 0.792. The first kappa shape index (κ1) is 12.9. The van der Waals surface area contributed by atoms with E-state index < -0.39 is 0 Å². The van der Waals surface area contributed by atoms with Gasteiger partial charge in [-0.05, 0) is 47.0 Å². The Morgan fingerprint density at radius 1 is 1.35 bits per heavy atom. The fraction of sp³-hybridized carbons (Fsp3) is 0.273.